The van der Waals surface area contributed by atoms with E-state index in [1.165, 1.54) is 6.42 Å². The van der Waals surface area contributed by atoms with Crippen molar-refractivity contribution in [2.24, 2.45) is 17.6 Å². The van der Waals surface area contributed by atoms with E-state index in [0.717, 1.165) is 32.7 Å². The molecule has 0 radical (unpaired) electrons. The summed E-state index contributed by atoms with van der Waals surface area (Å²) < 4.78 is 10.5. The molecule has 3 heteroatoms. The van der Waals surface area contributed by atoms with Gasteiger partial charge in [0, 0.05) is 26.4 Å². The first-order valence-corrected chi connectivity index (χ1v) is 5.56. The smallest absolute Gasteiger partial charge is 0.0509 e. The number of hydrogen-bond acceptors (Lipinski definition) is 3. The van der Waals surface area contributed by atoms with Gasteiger partial charge < -0.3 is 15.2 Å². The average molecular weight is 201 g/mol. The molecular formula is C11H23NO2. The normalized spacial score (nSPS) is 27.2. The zero-order chi connectivity index (χ0) is 10.4. The van der Waals surface area contributed by atoms with Crippen LogP contribution in [0.4, 0.5) is 0 Å². The first-order chi connectivity index (χ1) is 6.74. The van der Waals surface area contributed by atoms with Gasteiger partial charge in [0.25, 0.3) is 0 Å². The Hall–Kier alpha value is -0.120. The number of methoxy groups -OCH3 is 1. The Morgan fingerprint density at radius 2 is 2.36 bits per heavy atom. The summed E-state index contributed by atoms with van der Waals surface area (Å²) in [6.07, 6.45) is 3.43. The molecule has 1 rings (SSSR count). The minimum absolute atomic E-state index is 0.278. The van der Waals surface area contributed by atoms with Crippen LogP contribution in [-0.4, -0.2) is 33.0 Å². The monoisotopic (exact) mass is 201 g/mol. The number of ether oxygens (including phenoxy) is 2. The molecule has 1 aliphatic heterocycles. The lowest BCUT2D eigenvalue weighted by atomic mass is 9.88. The van der Waals surface area contributed by atoms with Gasteiger partial charge in [-0.1, -0.05) is 6.92 Å². The summed E-state index contributed by atoms with van der Waals surface area (Å²) in [5.74, 6) is 1.11. The number of hydrogen-bond donors (Lipinski definition) is 1. The minimum Gasteiger partial charge on any atom is -0.384 e. The van der Waals surface area contributed by atoms with Gasteiger partial charge in [-0.2, -0.15) is 0 Å². The van der Waals surface area contributed by atoms with Gasteiger partial charge in [0.2, 0.25) is 0 Å². The highest BCUT2D eigenvalue weighted by atomic mass is 16.5. The molecule has 0 aromatic heterocycles. The zero-order valence-electron chi connectivity index (χ0n) is 9.37. The molecule has 1 heterocycles. The maximum atomic E-state index is 6.14. The van der Waals surface area contributed by atoms with Crippen LogP contribution in [0.2, 0.25) is 0 Å². The molecule has 1 saturated heterocycles. The standard InChI is InChI=1S/C11H23NO2/c1-9(7-13-2)6-11(12)10-4-3-5-14-8-10/h9-11H,3-8,12H2,1-2H3. The van der Waals surface area contributed by atoms with E-state index >= 15 is 0 Å². The molecule has 0 spiro atoms. The van der Waals surface area contributed by atoms with Crippen LogP contribution < -0.4 is 5.73 Å². The fourth-order valence-corrected chi connectivity index (χ4v) is 2.11. The predicted octanol–water partition coefficient (Wildman–Crippen LogP) is 1.41. The van der Waals surface area contributed by atoms with Gasteiger partial charge >= 0.3 is 0 Å². The molecule has 0 bridgehead atoms. The summed E-state index contributed by atoms with van der Waals surface area (Å²) >= 11 is 0. The Labute approximate surface area is 86.9 Å². The summed E-state index contributed by atoms with van der Waals surface area (Å²) in [5.41, 5.74) is 6.14. The minimum atomic E-state index is 0.278. The number of rotatable bonds is 5. The molecule has 1 fully saturated rings. The van der Waals surface area contributed by atoms with Crippen LogP contribution in [0.1, 0.15) is 26.2 Å². The van der Waals surface area contributed by atoms with Gasteiger partial charge in [-0.15, -0.1) is 0 Å². The Bertz CT molecular complexity index is 146. The second-order valence-electron chi connectivity index (χ2n) is 4.44. The fourth-order valence-electron chi connectivity index (χ4n) is 2.11. The highest BCUT2D eigenvalue weighted by Gasteiger charge is 2.22. The highest BCUT2D eigenvalue weighted by Crippen LogP contribution is 2.20. The highest BCUT2D eigenvalue weighted by molar-refractivity contribution is 4.76. The van der Waals surface area contributed by atoms with E-state index in [0.29, 0.717) is 11.8 Å². The fraction of sp³-hybridized carbons (Fsp3) is 1.00. The maximum Gasteiger partial charge on any atom is 0.0509 e. The van der Waals surface area contributed by atoms with Crippen molar-refractivity contribution < 1.29 is 9.47 Å². The molecule has 3 atom stereocenters. The van der Waals surface area contributed by atoms with Gasteiger partial charge in [0.05, 0.1) is 6.61 Å². The van der Waals surface area contributed by atoms with Gasteiger partial charge in [-0.05, 0) is 31.1 Å². The molecular weight excluding hydrogens is 178 g/mol. The van der Waals surface area contributed by atoms with E-state index in [9.17, 15) is 0 Å². The van der Waals surface area contributed by atoms with Gasteiger partial charge in [0.15, 0.2) is 0 Å². The van der Waals surface area contributed by atoms with Crippen molar-refractivity contribution in [3.8, 4) is 0 Å². The third-order valence-electron chi connectivity index (χ3n) is 2.93. The lowest BCUT2D eigenvalue weighted by Crippen LogP contribution is -2.37. The van der Waals surface area contributed by atoms with Crippen molar-refractivity contribution in [3.63, 3.8) is 0 Å². The Kier molecular flexibility index (Phi) is 5.45. The topological polar surface area (TPSA) is 44.5 Å². The quantitative estimate of drug-likeness (QED) is 0.731. The first-order valence-electron chi connectivity index (χ1n) is 5.56. The Balaban J connectivity index is 2.21. The molecule has 0 aliphatic carbocycles. The van der Waals surface area contributed by atoms with E-state index in [1.54, 1.807) is 7.11 Å². The molecule has 14 heavy (non-hydrogen) atoms. The summed E-state index contributed by atoms with van der Waals surface area (Å²) in [6.45, 7) is 4.76. The summed E-state index contributed by atoms with van der Waals surface area (Å²) in [5, 5.41) is 0. The van der Waals surface area contributed by atoms with Crippen molar-refractivity contribution in [2.75, 3.05) is 26.9 Å². The van der Waals surface area contributed by atoms with Crippen LogP contribution >= 0.6 is 0 Å². The second kappa shape index (κ2) is 6.38. The molecule has 3 nitrogen and oxygen atoms in total. The maximum absolute atomic E-state index is 6.14. The van der Waals surface area contributed by atoms with Crippen LogP contribution in [0.3, 0.4) is 0 Å². The van der Waals surface area contributed by atoms with Crippen LogP contribution in [-0.2, 0) is 9.47 Å². The summed E-state index contributed by atoms with van der Waals surface area (Å²) in [4.78, 5) is 0. The van der Waals surface area contributed by atoms with Gasteiger partial charge in [0.1, 0.15) is 0 Å². The molecule has 3 unspecified atom stereocenters. The van der Waals surface area contributed by atoms with Crippen LogP contribution in [0.15, 0.2) is 0 Å². The summed E-state index contributed by atoms with van der Waals surface area (Å²) in [7, 11) is 1.74. The molecule has 1 aliphatic rings. The third kappa shape index (κ3) is 3.95. The van der Waals surface area contributed by atoms with Crippen LogP contribution in [0.25, 0.3) is 0 Å². The van der Waals surface area contributed by atoms with Gasteiger partial charge in [-0.3, -0.25) is 0 Å². The lowest BCUT2D eigenvalue weighted by Gasteiger charge is -2.29. The first kappa shape index (κ1) is 12.0. The van der Waals surface area contributed by atoms with Crippen LogP contribution in [0, 0.1) is 11.8 Å². The molecule has 84 valence electrons. The third-order valence-corrected chi connectivity index (χ3v) is 2.93. The van der Waals surface area contributed by atoms with Crippen molar-refractivity contribution in [1.29, 1.82) is 0 Å². The SMILES string of the molecule is COCC(C)CC(N)C1CCCOC1. The predicted molar refractivity (Wildman–Crippen MR) is 57.2 cm³/mol. The van der Waals surface area contributed by atoms with E-state index < -0.39 is 0 Å². The van der Waals surface area contributed by atoms with Crippen LogP contribution in [0.5, 0.6) is 0 Å². The van der Waals surface area contributed by atoms with Crippen molar-refractivity contribution in [3.05, 3.63) is 0 Å². The zero-order valence-corrected chi connectivity index (χ0v) is 9.37. The second-order valence-corrected chi connectivity index (χ2v) is 4.44. The number of nitrogens with two attached hydrogens (primary N) is 1. The Morgan fingerprint density at radius 1 is 1.57 bits per heavy atom. The van der Waals surface area contributed by atoms with E-state index in [1.807, 2.05) is 0 Å². The van der Waals surface area contributed by atoms with Gasteiger partial charge in [-0.25, -0.2) is 0 Å². The molecule has 2 N–H and O–H groups in total. The molecule has 0 aromatic rings. The molecule has 0 aromatic carbocycles. The molecule has 0 saturated carbocycles. The Morgan fingerprint density at radius 3 is 2.93 bits per heavy atom. The van der Waals surface area contributed by atoms with Crippen molar-refractivity contribution in [1.82, 2.24) is 0 Å². The van der Waals surface area contributed by atoms with E-state index in [2.05, 4.69) is 6.92 Å². The lowest BCUT2D eigenvalue weighted by molar-refractivity contribution is 0.0392. The summed E-state index contributed by atoms with van der Waals surface area (Å²) in [6, 6.07) is 0.278. The van der Waals surface area contributed by atoms with Crippen molar-refractivity contribution >= 4 is 0 Å². The largest absolute Gasteiger partial charge is 0.384 e. The van der Waals surface area contributed by atoms with E-state index in [-0.39, 0.29) is 6.04 Å². The molecule has 0 amide bonds. The average Bonchev–Trinajstić information content (AvgIpc) is 2.19. The van der Waals surface area contributed by atoms with E-state index in [4.69, 9.17) is 15.2 Å². The van der Waals surface area contributed by atoms with Crippen molar-refractivity contribution in [2.45, 2.75) is 32.2 Å².